The molecule has 1 aromatic carbocycles. The Morgan fingerprint density at radius 1 is 1.24 bits per heavy atom. The molecule has 116 valence electrons. The average Bonchev–Trinajstić information content (AvgIpc) is 3.14. The van der Waals surface area contributed by atoms with E-state index in [4.69, 9.17) is 17.3 Å². The predicted molar refractivity (Wildman–Crippen MR) is 84.9 cm³/mol. The largest absolute Gasteiger partial charge is 0.329 e. The second kappa shape index (κ2) is 6.64. The van der Waals surface area contributed by atoms with E-state index in [-0.39, 0.29) is 16.9 Å². The van der Waals surface area contributed by atoms with E-state index < -0.39 is 0 Å². The third-order valence-corrected chi connectivity index (χ3v) is 5.53. The Bertz CT molecular complexity index is 488. The third kappa shape index (κ3) is 3.10. The maximum atomic E-state index is 13.4. The molecule has 2 N–H and O–H groups in total. The molecule has 1 heterocycles. The van der Waals surface area contributed by atoms with Crippen LogP contribution in [0.5, 0.6) is 0 Å². The number of nitrogens with two attached hydrogens (primary N) is 1. The van der Waals surface area contributed by atoms with Crippen LogP contribution in [0.4, 0.5) is 4.39 Å². The molecule has 0 amide bonds. The highest BCUT2D eigenvalue weighted by molar-refractivity contribution is 6.30. The number of halogens is 2. The molecule has 21 heavy (non-hydrogen) atoms. The molecule has 2 aliphatic rings. The minimum atomic E-state index is -0.357. The van der Waals surface area contributed by atoms with Gasteiger partial charge in [0, 0.05) is 18.6 Å². The van der Waals surface area contributed by atoms with E-state index in [0.717, 1.165) is 18.0 Å². The molecule has 2 nitrogen and oxygen atoms in total. The molecule has 0 aromatic heterocycles. The lowest BCUT2D eigenvalue weighted by Gasteiger charge is -2.36. The van der Waals surface area contributed by atoms with Crippen LogP contribution in [-0.2, 0) is 0 Å². The molecule has 0 radical (unpaired) electrons. The summed E-state index contributed by atoms with van der Waals surface area (Å²) < 4.78 is 13.4. The van der Waals surface area contributed by atoms with Crippen LogP contribution in [0.2, 0.25) is 5.02 Å². The van der Waals surface area contributed by atoms with Gasteiger partial charge in [-0.1, -0.05) is 30.5 Å². The molecule has 2 unspecified atom stereocenters. The van der Waals surface area contributed by atoms with Gasteiger partial charge in [0.1, 0.15) is 5.82 Å². The van der Waals surface area contributed by atoms with E-state index >= 15 is 0 Å². The topological polar surface area (TPSA) is 29.3 Å². The van der Waals surface area contributed by atoms with Crippen LogP contribution >= 0.6 is 11.6 Å². The molecule has 1 aliphatic carbocycles. The van der Waals surface area contributed by atoms with Gasteiger partial charge in [0.15, 0.2) is 0 Å². The maximum Gasteiger partial charge on any atom is 0.141 e. The predicted octanol–water partition coefficient (Wildman–Crippen LogP) is 4.13. The van der Waals surface area contributed by atoms with Crippen molar-refractivity contribution in [3.8, 4) is 0 Å². The first-order valence-electron chi connectivity index (χ1n) is 8.11. The maximum absolute atomic E-state index is 13.4. The summed E-state index contributed by atoms with van der Waals surface area (Å²) in [5.41, 5.74) is 7.10. The second-order valence-electron chi connectivity index (χ2n) is 6.42. The van der Waals surface area contributed by atoms with Crippen molar-refractivity contribution in [3.63, 3.8) is 0 Å². The SMILES string of the molecule is NCC(c1ccc(F)c(Cl)c1)N1CCCC1C1CCCC1. The van der Waals surface area contributed by atoms with Gasteiger partial charge >= 0.3 is 0 Å². The lowest BCUT2D eigenvalue weighted by atomic mass is 9.94. The van der Waals surface area contributed by atoms with Gasteiger partial charge in [-0.3, -0.25) is 4.90 Å². The van der Waals surface area contributed by atoms with E-state index in [2.05, 4.69) is 4.90 Å². The minimum absolute atomic E-state index is 0.163. The normalized spacial score (nSPS) is 25.6. The number of hydrogen-bond donors (Lipinski definition) is 1. The fraction of sp³-hybridized carbons (Fsp3) is 0.647. The van der Waals surface area contributed by atoms with Gasteiger partial charge in [-0.05, 0) is 55.8 Å². The van der Waals surface area contributed by atoms with Gasteiger partial charge in [0.2, 0.25) is 0 Å². The smallest absolute Gasteiger partial charge is 0.141 e. The van der Waals surface area contributed by atoms with Crippen LogP contribution in [0.15, 0.2) is 18.2 Å². The van der Waals surface area contributed by atoms with E-state index in [1.165, 1.54) is 44.6 Å². The summed E-state index contributed by atoms with van der Waals surface area (Å²) >= 11 is 5.95. The van der Waals surface area contributed by atoms with E-state index in [0.29, 0.717) is 12.6 Å². The Balaban J connectivity index is 1.82. The molecular formula is C17H24ClFN2. The molecule has 2 atom stereocenters. The summed E-state index contributed by atoms with van der Waals surface area (Å²) in [6.45, 7) is 1.66. The third-order valence-electron chi connectivity index (χ3n) is 5.24. The molecule has 3 rings (SSSR count). The van der Waals surface area contributed by atoms with Gasteiger partial charge < -0.3 is 5.73 Å². The highest BCUT2D eigenvalue weighted by Gasteiger charge is 2.36. The van der Waals surface area contributed by atoms with Crippen molar-refractivity contribution < 1.29 is 4.39 Å². The first-order valence-corrected chi connectivity index (χ1v) is 8.49. The fourth-order valence-electron chi connectivity index (χ4n) is 4.23. The second-order valence-corrected chi connectivity index (χ2v) is 6.82. The highest BCUT2D eigenvalue weighted by Crippen LogP contribution is 2.39. The van der Waals surface area contributed by atoms with Crippen molar-refractivity contribution in [2.45, 2.75) is 50.6 Å². The highest BCUT2D eigenvalue weighted by atomic mass is 35.5. The monoisotopic (exact) mass is 310 g/mol. The van der Waals surface area contributed by atoms with Crippen LogP contribution in [-0.4, -0.2) is 24.0 Å². The Morgan fingerprint density at radius 3 is 2.67 bits per heavy atom. The zero-order chi connectivity index (χ0) is 14.8. The fourth-order valence-corrected chi connectivity index (χ4v) is 4.42. The molecule has 1 saturated carbocycles. The number of rotatable bonds is 4. The molecule has 2 fully saturated rings. The Labute approximate surface area is 131 Å². The standard InChI is InChI=1S/C17H24ClFN2/c18-14-10-13(7-8-15(14)19)17(11-20)21-9-3-6-16(21)12-4-1-2-5-12/h7-8,10,12,16-17H,1-6,9,11,20H2. The van der Waals surface area contributed by atoms with E-state index in [1.807, 2.05) is 6.07 Å². The Hall–Kier alpha value is -0.640. The van der Waals surface area contributed by atoms with Crippen molar-refractivity contribution in [2.24, 2.45) is 11.7 Å². The molecule has 1 saturated heterocycles. The van der Waals surface area contributed by atoms with Crippen molar-refractivity contribution >= 4 is 11.6 Å². The number of hydrogen-bond acceptors (Lipinski definition) is 2. The first kappa shape index (κ1) is 15.3. The van der Waals surface area contributed by atoms with Crippen molar-refractivity contribution in [1.29, 1.82) is 0 Å². The van der Waals surface area contributed by atoms with Crippen molar-refractivity contribution in [3.05, 3.63) is 34.6 Å². The summed E-state index contributed by atoms with van der Waals surface area (Å²) in [6, 6.07) is 5.85. The molecule has 0 spiro atoms. The average molecular weight is 311 g/mol. The van der Waals surface area contributed by atoms with Gasteiger partial charge in [-0.15, -0.1) is 0 Å². The van der Waals surface area contributed by atoms with Crippen LogP contribution in [0.1, 0.15) is 50.1 Å². The molecule has 1 aliphatic heterocycles. The lowest BCUT2D eigenvalue weighted by molar-refractivity contribution is 0.138. The van der Waals surface area contributed by atoms with Crippen molar-refractivity contribution in [2.75, 3.05) is 13.1 Å². The Morgan fingerprint density at radius 2 is 2.00 bits per heavy atom. The summed E-state index contributed by atoms with van der Waals surface area (Å²) in [6.07, 6.45) is 7.95. The molecular weight excluding hydrogens is 287 g/mol. The lowest BCUT2D eigenvalue weighted by Crippen LogP contribution is -2.40. The van der Waals surface area contributed by atoms with Crippen LogP contribution < -0.4 is 5.73 Å². The molecule has 4 heteroatoms. The zero-order valence-electron chi connectivity index (χ0n) is 12.4. The van der Waals surface area contributed by atoms with Gasteiger partial charge in [-0.25, -0.2) is 4.39 Å². The van der Waals surface area contributed by atoms with Gasteiger partial charge in [0.05, 0.1) is 5.02 Å². The minimum Gasteiger partial charge on any atom is -0.329 e. The van der Waals surface area contributed by atoms with E-state index in [9.17, 15) is 4.39 Å². The molecule has 1 aromatic rings. The zero-order valence-corrected chi connectivity index (χ0v) is 13.2. The summed E-state index contributed by atoms with van der Waals surface area (Å²) in [4.78, 5) is 2.56. The number of likely N-dealkylation sites (tertiary alicyclic amines) is 1. The quantitative estimate of drug-likeness (QED) is 0.906. The van der Waals surface area contributed by atoms with Gasteiger partial charge in [0.25, 0.3) is 0 Å². The summed E-state index contributed by atoms with van der Waals surface area (Å²) in [5, 5.41) is 0.197. The first-order chi connectivity index (χ1) is 10.2. The van der Waals surface area contributed by atoms with Crippen LogP contribution in [0.25, 0.3) is 0 Å². The Kier molecular flexibility index (Phi) is 4.82. The van der Waals surface area contributed by atoms with Crippen LogP contribution in [0, 0.1) is 11.7 Å². The van der Waals surface area contributed by atoms with Crippen LogP contribution in [0.3, 0.4) is 0 Å². The molecule has 0 bridgehead atoms. The van der Waals surface area contributed by atoms with Crippen molar-refractivity contribution in [1.82, 2.24) is 4.90 Å². The van der Waals surface area contributed by atoms with Gasteiger partial charge in [-0.2, -0.15) is 0 Å². The van der Waals surface area contributed by atoms with E-state index in [1.54, 1.807) is 6.07 Å². The summed E-state index contributed by atoms with van der Waals surface area (Å²) in [7, 11) is 0. The number of nitrogens with zero attached hydrogens (tertiary/aromatic N) is 1. The summed E-state index contributed by atoms with van der Waals surface area (Å²) in [5.74, 6) is 0.461. The number of benzene rings is 1.